The number of carbonyl (C=O) groups is 3. The lowest BCUT2D eigenvalue weighted by Crippen LogP contribution is -2.53. The first-order chi connectivity index (χ1) is 14.9. The topological polar surface area (TPSA) is 90.5 Å². The maximum absolute atomic E-state index is 12.8. The van der Waals surface area contributed by atoms with Crippen molar-refractivity contribution in [3.05, 3.63) is 65.2 Å². The molecule has 0 spiro atoms. The Hall–Kier alpha value is -3.06. The van der Waals surface area contributed by atoms with Crippen LogP contribution in [0, 0.1) is 0 Å². The molecule has 2 aromatic carbocycles. The van der Waals surface area contributed by atoms with Crippen LogP contribution < -0.4 is 16.0 Å². The molecule has 7 nitrogen and oxygen atoms in total. The second-order valence-electron chi connectivity index (χ2n) is 7.65. The summed E-state index contributed by atoms with van der Waals surface area (Å²) in [4.78, 5) is 38.6. The van der Waals surface area contributed by atoms with Gasteiger partial charge in [0.2, 0.25) is 11.8 Å². The molecule has 1 saturated heterocycles. The van der Waals surface area contributed by atoms with E-state index in [4.69, 9.17) is 11.6 Å². The zero-order valence-corrected chi connectivity index (χ0v) is 18.2. The summed E-state index contributed by atoms with van der Waals surface area (Å²) < 4.78 is 0. The molecule has 1 aliphatic rings. The van der Waals surface area contributed by atoms with Gasteiger partial charge in [0.15, 0.2) is 0 Å². The summed E-state index contributed by atoms with van der Waals surface area (Å²) in [6, 6.07) is 15.7. The molecule has 0 saturated carbocycles. The Morgan fingerprint density at radius 2 is 1.77 bits per heavy atom. The molecule has 1 fully saturated rings. The summed E-state index contributed by atoms with van der Waals surface area (Å²) in [6.45, 7) is 2.46. The van der Waals surface area contributed by atoms with E-state index in [0.29, 0.717) is 43.1 Å². The summed E-state index contributed by atoms with van der Waals surface area (Å²) in [5, 5.41) is 9.17. The smallest absolute Gasteiger partial charge is 0.321 e. The Bertz CT molecular complexity index is 914. The highest BCUT2D eigenvalue weighted by molar-refractivity contribution is 6.30. The number of nitrogens with zero attached hydrogens (tertiary/aromatic N) is 1. The van der Waals surface area contributed by atoms with Crippen molar-refractivity contribution in [3.63, 3.8) is 0 Å². The van der Waals surface area contributed by atoms with Gasteiger partial charge in [0, 0.05) is 43.2 Å². The minimum absolute atomic E-state index is 0.0465. The van der Waals surface area contributed by atoms with Crippen molar-refractivity contribution >= 4 is 35.1 Å². The molecule has 1 heterocycles. The van der Waals surface area contributed by atoms with Crippen molar-refractivity contribution in [1.82, 2.24) is 15.5 Å². The van der Waals surface area contributed by atoms with E-state index in [2.05, 4.69) is 16.0 Å². The highest BCUT2D eigenvalue weighted by Gasteiger charge is 2.27. The molecule has 0 bridgehead atoms. The zero-order valence-electron chi connectivity index (χ0n) is 17.4. The lowest BCUT2D eigenvalue weighted by molar-refractivity contribution is -0.128. The largest absolute Gasteiger partial charge is 0.351 e. The van der Waals surface area contributed by atoms with Crippen LogP contribution in [-0.2, 0) is 16.0 Å². The molecule has 3 rings (SSSR count). The van der Waals surface area contributed by atoms with Crippen LogP contribution in [0.15, 0.2) is 54.6 Å². The molecule has 0 aliphatic carbocycles. The Morgan fingerprint density at radius 1 is 1.06 bits per heavy atom. The summed E-state index contributed by atoms with van der Waals surface area (Å²) in [6.07, 6.45) is 1.72. The van der Waals surface area contributed by atoms with Gasteiger partial charge in [0.05, 0.1) is 0 Å². The van der Waals surface area contributed by atoms with Crippen molar-refractivity contribution in [2.45, 2.75) is 38.3 Å². The van der Waals surface area contributed by atoms with E-state index in [9.17, 15) is 14.4 Å². The maximum atomic E-state index is 12.8. The van der Waals surface area contributed by atoms with Crippen LogP contribution in [0.4, 0.5) is 10.5 Å². The van der Waals surface area contributed by atoms with Crippen LogP contribution in [0.2, 0.25) is 5.02 Å². The van der Waals surface area contributed by atoms with Gasteiger partial charge in [0.1, 0.15) is 6.04 Å². The third kappa shape index (κ3) is 7.00. The number of anilines is 1. The van der Waals surface area contributed by atoms with Crippen LogP contribution in [0.3, 0.4) is 0 Å². The standard InChI is InChI=1S/C23H27ClN4O3/c1-16(29)25-21(14-17-6-3-2-4-7-17)22(30)26-19-10-12-28(13-11-19)23(31)27-20-9-5-8-18(24)15-20/h2-9,15,19,21H,10-14H2,1H3,(H,25,29)(H,26,30)(H,27,31). The van der Waals surface area contributed by atoms with Crippen LogP contribution in [0.5, 0.6) is 0 Å². The van der Waals surface area contributed by atoms with E-state index in [1.807, 2.05) is 30.3 Å². The Labute approximate surface area is 187 Å². The molecular weight excluding hydrogens is 416 g/mol. The fourth-order valence-corrected chi connectivity index (χ4v) is 3.79. The fraction of sp³-hybridized carbons (Fsp3) is 0.348. The highest BCUT2D eigenvalue weighted by atomic mass is 35.5. The SMILES string of the molecule is CC(=O)NC(Cc1ccccc1)C(=O)NC1CCN(C(=O)Nc2cccc(Cl)c2)CC1. The molecule has 3 N–H and O–H groups in total. The summed E-state index contributed by atoms with van der Waals surface area (Å²) >= 11 is 5.96. The molecule has 0 radical (unpaired) electrons. The number of amides is 4. The first-order valence-corrected chi connectivity index (χ1v) is 10.7. The second-order valence-corrected chi connectivity index (χ2v) is 8.09. The van der Waals surface area contributed by atoms with E-state index >= 15 is 0 Å². The monoisotopic (exact) mass is 442 g/mol. The Kier molecular flexibility index (Phi) is 7.89. The number of halogens is 1. The molecular formula is C23H27ClN4O3. The number of hydrogen-bond acceptors (Lipinski definition) is 3. The number of piperidine rings is 1. The van der Waals surface area contributed by atoms with Crippen molar-refractivity contribution in [2.75, 3.05) is 18.4 Å². The van der Waals surface area contributed by atoms with E-state index in [-0.39, 0.29) is 23.9 Å². The third-order valence-electron chi connectivity index (χ3n) is 5.18. The van der Waals surface area contributed by atoms with Crippen molar-refractivity contribution in [1.29, 1.82) is 0 Å². The summed E-state index contributed by atoms with van der Waals surface area (Å²) in [5.74, 6) is -0.454. The quantitative estimate of drug-likeness (QED) is 0.641. The summed E-state index contributed by atoms with van der Waals surface area (Å²) in [7, 11) is 0. The van der Waals surface area contributed by atoms with Gasteiger partial charge in [-0.05, 0) is 36.6 Å². The number of urea groups is 1. The number of benzene rings is 2. The van der Waals surface area contributed by atoms with Crippen molar-refractivity contribution in [3.8, 4) is 0 Å². The Morgan fingerprint density at radius 3 is 2.42 bits per heavy atom. The van der Waals surface area contributed by atoms with E-state index < -0.39 is 6.04 Å². The molecule has 31 heavy (non-hydrogen) atoms. The maximum Gasteiger partial charge on any atom is 0.321 e. The second kappa shape index (κ2) is 10.8. The molecule has 1 atom stereocenters. The van der Waals surface area contributed by atoms with Crippen LogP contribution in [0.1, 0.15) is 25.3 Å². The van der Waals surface area contributed by atoms with Gasteiger partial charge in [-0.15, -0.1) is 0 Å². The predicted molar refractivity (Wildman–Crippen MR) is 121 cm³/mol. The fourth-order valence-electron chi connectivity index (χ4n) is 3.60. The number of hydrogen-bond donors (Lipinski definition) is 3. The van der Waals surface area contributed by atoms with Gasteiger partial charge in [-0.2, -0.15) is 0 Å². The van der Waals surface area contributed by atoms with E-state index in [1.54, 1.807) is 29.2 Å². The lowest BCUT2D eigenvalue weighted by atomic mass is 10.0. The van der Waals surface area contributed by atoms with E-state index in [1.165, 1.54) is 6.92 Å². The van der Waals surface area contributed by atoms with Crippen LogP contribution in [-0.4, -0.2) is 47.9 Å². The number of nitrogens with one attached hydrogen (secondary N) is 3. The highest BCUT2D eigenvalue weighted by Crippen LogP contribution is 2.17. The summed E-state index contributed by atoms with van der Waals surface area (Å²) in [5.41, 5.74) is 1.62. The first-order valence-electron chi connectivity index (χ1n) is 10.3. The number of likely N-dealkylation sites (tertiary alicyclic amines) is 1. The predicted octanol–water partition coefficient (Wildman–Crippen LogP) is 3.20. The molecule has 1 aliphatic heterocycles. The van der Waals surface area contributed by atoms with E-state index in [0.717, 1.165) is 5.56 Å². The molecule has 8 heteroatoms. The van der Waals surface area contributed by atoms with Crippen LogP contribution >= 0.6 is 11.6 Å². The van der Waals surface area contributed by atoms with Gasteiger partial charge in [-0.1, -0.05) is 48.0 Å². The van der Waals surface area contributed by atoms with Crippen molar-refractivity contribution < 1.29 is 14.4 Å². The molecule has 1 unspecified atom stereocenters. The average molecular weight is 443 g/mol. The number of rotatable bonds is 6. The minimum Gasteiger partial charge on any atom is -0.351 e. The van der Waals surface area contributed by atoms with Gasteiger partial charge in [0.25, 0.3) is 0 Å². The first kappa shape index (κ1) is 22.6. The zero-order chi connectivity index (χ0) is 22.2. The number of carbonyl (C=O) groups excluding carboxylic acids is 3. The van der Waals surface area contributed by atoms with Gasteiger partial charge in [-0.3, -0.25) is 9.59 Å². The molecule has 0 aromatic heterocycles. The van der Waals surface area contributed by atoms with Gasteiger partial charge < -0.3 is 20.9 Å². The van der Waals surface area contributed by atoms with Gasteiger partial charge in [-0.25, -0.2) is 4.79 Å². The Balaban J connectivity index is 1.50. The van der Waals surface area contributed by atoms with Crippen molar-refractivity contribution in [2.24, 2.45) is 0 Å². The molecule has 4 amide bonds. The molecule has 164 valence electrons. The normalized spacial score (nSPS) is 15.1. The minimum atomic E-state index is -0.635. The average Bonchev–Trinajstić information content (AvgIpc) is 2.74. The molecule has 2 aromatic rings. The van der Waals surface area contributed by atoms with Crippen LogP contribution in [0.25, 0.3) is 0 Å². The van der Waals surface area contributed by atoms with Gasteiger partial charge >= 0.3 is 6.03 Å². The third-order valence-corrected chi connectivity index (χ3v) is 5.42. The lowest BCUT2D eigenvalue weighted by Gasteiger charge is -2.33.